The molecule has 1 fully saturated rings. The van der Waals surface area contributed by atoms with Crippen LogP contribution in [0.5, 0.6) is 5.75 Å². The number of hydrogen-bond acceptors (Lipinski definition) is 4. The number of carbonyl (C=O) groups is 1. The Balaban J connectivity index is 1.47. The van der Waals surface area contributed by atoms with Crippen LogP contribution in [0.4, 0.5) is 4.39 Å². The molecule has 0 amide bonds. The molecule has 0 saturated heterocycles. The van der Waals surface area contributed by atoms with E-state index in [2.05, 4.69) is 0 Å². The van der Waals surface area contributed by atoms with Crippen LogP contribution in [0.3, 0.4) is 0 Å². The predicted molar refractivity (Wildman–Crippen MR) is 145 cm³/mol. The Morgan fingerprint density at radius 3 is 2.19 bits per heavy atom. The van der Waals surface area contributed by atoms with Crippen LogP contribution in [-0.2, 0) is 33.1 Å². The van der Waals surface area contributed by atoms with Crippen molar-refractivity contribution in [2.75, 3.05) is 5.75 Å². The van der Waals surface area contributed by atoms with Crippen LogP contribution in [0.25, 0.3) is 0 Å². The molecule has 8 heteroatoms. The molecule has 0 aromatic heterocycles. The number of Topliss-reactive ketones (excluding diaryl/α,β-unsaturated/α-hetero) is 1. The second-order valence-corrected chi connectivity index (χ2v) is 12.6. The normalized spacial score (nSPS) is 15.4. The molecule has 37 heavy (non-hydrogen) atoms. The van der Waals surface area contributed by atoms with E-state index in [4.69, 9.17) is 27.9 Å². The molecule has 3 aromatic carbocycles. The summed E-state index contributed by atoms with van der Waals surface area (Å²) < 4.78 is 45.5. The summed E-state index contributed by atoms with van der Waals surface area (Å²) in [5, 5.41) is 1.03. The van der Waals surface area contributed by atoms with E-state index in [0.717, 1.165) is 24.8 Å². The van der Waals surface area contributed by atoms with Gasteiger partial charge in [-0.1, -0.05) is 60.8 Å². The van der Waals surface area contributed by atoms with Crippen molar-refractivity contribution in [1.29, 1.82) is 0 Å². The van der Waals surface area contributed by atoms with Crippen molar-refractivity contribution in [3.05, 3.63) is 93.2 Å². The van der Waals surface area contributed by atoms with Crippen LogP contribution in [0.1, 0.15) is 55.7 Å². The zero-order chi connectivity index (χ0) is 26.6. The predicted octanol–water partition coefficient (Wildman–Crippen LogP) is 7.52. The van der Waals surface area contributed by atoms with Crippen molar-refractivity contribution >= 4 is 38.8 Å². The SMILES string of the molecule is CCS(=O)(=O)c1ccc(CC(=O)Cc2ccc(OC3(c4ccc(Cl)cc4Cl)CCCCC3)c(F)c2)cc1. The van der Waals surface area contributed by atoms with Crippen molar-refractivity contribution in [3.63, 3.8) is 0 Å². The van der Waals surface area contributed by atoms with E-state index in [1.54, 1.807) is 43.3 Å². The molecule has 0 unspecified atom stereocenters. The van der Waals surface area contributed by atoms with Crippen LogP contribution in [0.2, 0.25) is 10.0 Å². The number of rotatable bonds is 9. The van der Waals surface area contributed by atoms with Gasteiger partial charge in [-0.05, 0) is 73.2 Å². The average molecular weight is 564 g/mol. The maximum atomic E-state index is 15.2. The largest absolute Gasteiger partial charge is 0.479 e. The molecule has 3 aromatic rings. The highest BCUT2D eigenvalue weighted by Gasteiger charge is 2.38. The van der Waals surface area contributed by atoms with Crippen molar-refractivity contribution in [2.24, 2.45) is 0 Å². The summed E-state index contributed by atoms with van der Waals surface area (Å²) in [5.41, 5.74) is 1.31. The fourth-order valence-electron chi connectivity index (χ4n) is 4.85. The van der Waals surface area contributed by atoms with Crippen molar-refractivity contribution in [2.45, 2.75) is 62.4 Å². The van der Waals surface area contributed by atoms with Gasteiger partial charge in [-0.3, -0.25) is 4.79 Å². The highest BCUT2D eigenvalue weighted by atomic mass is 35.5. The third kappa shape index (κ3) is 6.54. The Kier molecular flexibility index (Phi) is 8.62. The van der Waals surface area contributed by atoms with Gasteiger partial charge in [-0.25, -0.2) is 12.8 Å². The van der Waals surface area contributed by atoms with Gasteiger partial charge in [-0.15, -0.1) is 0 Å². The minimum absolute atomic E-state index is 0.0183. The van der Waals surface area contributed by atoms with Crippen LogP contribution >= 0.6 is 23.2 Å². The minimum atomic E-state index is -3.29. The number of hydrogen-bond donors (Lipinski definition) is 0. The fourth-order valence-corrected chi connectivity index (χ4v) is 6.32. The molecule has 1 aliphatic rings. The van der Waals surface area contributed by atoms with Crippen LogP contribution in [-0.4, -0.2) is 20.0 Å². The van der Waals surface area contributed by atoms with Gasteiger partial charge in [0.1, 0.15) is 11.4 Å². The molecular formula is C29H29Cl2FO4S. The van der Waals surface area contributed by atoms with Crippen LogP contribution in [0, 0.1) is 5.82 Å². The van der Waals surface area contributed by atoms with E-state index < -0.39 is 21.3 Å². The number of ether oxygens (including phenoxy) is 1. The van der Waals surface area contributed by atoms with Gasteiger partial charge in [0.2, 0.25) is 0 Å². The number of ketones is 1. The summed E-state index contributed by atoms with van der Waals surface area (Å²) in [6, 6.07) is 16.2. The summed E-state index contributed by atoms with van der Waals surface area (Å²) in [4.78, 5) is 12.9. The molecule has 4 rings (SSSR count). The Morgan fingerprint density at radius 1 is 0.919 bits per heavy atom. The van der Waals surface area contributed by atoms with E-state index in [1.807, 2.05) is 6.07 Å². The summed E-state index contributed by atoms with van der Waals surface area (Å²) >= 11 is 12.6. The van der Waals surface area contributed by atoms with E-state index in [-0.39, 0.29) is 35.0 Å². The first-order valence-electron chi connectivity index (χ1n) is 12.4. The van der Waals surface area contributed by atoms with Gasteiger partial charge in [0.25, 0.3) is 0 Å². The molecule has 196 valence electrons. The summed E-state index contributed by atoms with van der Waals surface area (Å²) in [6.07, 6.45) is 4.58. The third-order valence-corrected chi connectivity index (χ3v) is 9.15. The third-order valence-electron chi connectivity index (χ3n) is 6.85. The monoisotopic (exact) mass is 562 g/mol. The van der Waals surface area contributed by atoms with Crippen LogP contribution in [0.15, 0.2) is 65.6 Å². The summed E-state index contributed by atoms with van der Waals surface area (Å²) in [5.74, 6) is -0.494. The standard InChI is InChI=1S/C29H29Cl2FO4S/c1-2-37(34,35)24-10-6-20(7-11-24)16-23(33)17-21-8-13-28(27(32)18-21)36-29(14-4-3-5-15-29)25-12-9-22(30)19-26(25)31/h6-13,18-19H,2-5,14-17H2,1H3. The highest BCUT2D eigenvalue weighted by molar-refractivity contribution is 7.91. The van der Waals surface area contributed by atoms with E-state index >= 15 is 4.39 Å². The molecular weight excluding hydrogens is 534 g/mol. The second-order valence-electron chi connectivity index (χ2n) is 9.49. The Morgan fingerprint density at radius 2 is 1.57 bits per heavy atom. The molecule has 0 radical (unpaired) electrons. The van der Waals surface area contributed by atoms with Gasteiger partial charge in [0.05, 0.1) is 10.6 Å². The molecule has 0 aliphatic heterocycles. The lowest BCUT2D eigenvalue weighted by molar-refractivity contribution is -0.117. The number of halogens is 3. The first-order valence-corrected chi connectivity index (χ1v) is 14.8. The lowest BCUT2D eigenvalue weighted by atomic mass is 9.79. The van der Waals surface area contributed by atoms with E-state index in [0.29, 0.717) is 34.0 Å². The van der Waals surface area contributed by atoms with Gasteiger partial charge in [0, 0.05) is 28.5 Å². The van der Waals surface area contributed by atoms with E-state index in [1.165, 1.54) is 18.2 Å². The maximum absolute atomic E-state index is 15.2. The average Bonchev–Trinajstić information content (AvgIpc) is 2.86. The van der Waals surface area contributed by atoms with E-state index in [9.17, 15) is 13.2 Å². The number of benzene rings is 3. The first kappa shape index (κ1) is 27.6. The molecule has 0 atom stereocenters. The maximum Gasteiger partial charge on any atom is 0.178 e. The van der Waals surface area contributed by atoms with Gasteiger partial charge in [-0.2, -0.15) is 0 Å². The Bertz CT molecular complexity index is 1380. The van der Waals surface area contributed by atoms with Gasteiger partial charge >= 0.3 is 0 Å². The zero-order valence-corrected chi connectivity index (χ0v) is 22.9. The quantitative estimate of drug-likeness (QED) is 0.270. The minimum Gasteiger partial charge on any atom is -0.479 e. The molecule has 0 bridgehead atoms. The topological polar surface area (TPSA) is 60.4 Å². The fraction of sp³-hybridized carbons (Fsp3) is 0.345. The smallest absolute Gasteiger partial charge is 0.178 e. The molecule has 0 spiro atoms. The molecule has 1 aliphatic carbocycles. The number of sulfone groups is 1. The Hall–Kier alpha value is -2.41. The zero-order valence-electron chi connectivity index (χ0n) is 20.6. The molecule has 0 heterocycles. The molecule has 4 nitrogen and oxygen atoms in total. The molecule has 1 saturated carbocycles. The van der Waals surface area contributed by atoms with Crippen molar-refractivity contribution in [3.8, 4) is 5.75 Å². The first-order chi connectivity index (χ1) is 17.6. The second kappa shape index (κ2) is 11.5. The van der Waals surface area contributed by atoms with Crippen molar-refractivity contribution < 1.29 is 22.3 Å². The lowest BCUT2D eigenvalue weighted by Gasteiger charge is -2.39. The molecule has 0 N–H and O–H groups in total. The van der Waals surface area contributed by atoms with Gasteiger partial charge < -0.3 is 4.74 Å². The Labute approximate surface area is 227 Å². The number of carbonyl (C=O) groups excluding carboxylic acids is 1. The lowest BCUT2D eigenvalue weighted by Crippen LogP contribution is -2.36. The van der Waals surface area contributed by atoms with Crippen molar-refractivity contribution in [1.82, 2.24) is 0 Å². The summed E-state index contributed by atoms with van der Waals surface area (Å²) in [7, 11) is -3.29. The van der Waals surface area contributed by atoms with Gasteiger partial charge in [0.15, 0.2) is 21.4 Å². The highest BCUT2D eigenvalue weighted by Crippen LogP contribution is 2.44. The van der Waals surface area contributed by atoms with Crippen LogP contribution < -0.4 is 4.74 Å². The summed E-state index contributed by atoms with van der Waals surface area (Å²) in [6.45, 7) is 1.59.